The highest BCUT2D eigenvalue weighted by atomic mass is 32.2. The molecule has 0 aliphatic carbocycles. The maximum absolute atomic E-state index is 5.49. The zero-order valence-corrected chi connectivity index (χ0v) is 12.6. The van der Waals surface area contributed by atoms with Crippen molar-refractivity contribution in [1.29, 1.82) is 0 Å². The summed E-state index contributed by atoms with van der Waals surface area (Å²) in [7, 11) is 1.81. The molecule has 0 saturated heterocycles. The van der Waals surface area contributed by atoms with Gasteiger partial charge in [-0.15, -0.1) is 11.8 Å². The van der Waals surface area contributed by atoms with Gasteiger partial charge in [-0.05, 0) is 24.3 Å². The molecule has 0 aliphatic heterocycles. The second-order valence-electron chi connectivity index (χ2n) is 5.26. The number of hydrogen-bond donors (Lipinski definition) is 0. The highest BCUT2D eigenvalue weighted by Crippen LogP contribution is 2.31. The van der Waals surface area contributed by atoms with Crippen LogP contribution < -0.4 is 0 Å². The van der Waals surface area contributed by atoms with Crippen LogP contribution in [0.1, 0.15) is 60.3 Å². The summed E-state index contributed by atoms with van der Waals surface area (Å²) in [5.41, 5.74) is 0. The van der Waals surface area contributed by atoms with Gasteiger partial charge in [0.2, 0.25) is 0 Å². The van der Waals surface area contributed by atoms with Crippen molar-refractivity contribution in [3.8, 4) is 0 Å². The van der Waals surface area contributed by atoms with Crippen LogP contribution in [0.4, 0.5) is 0 Å². The molecule has 0 aliphatic rings. The lowest BCUT2D eigenvalue weighted by Crippen LogP contribution is -2.10. The smallest absolute Gasteiger partial charge is 0.0762 e. The number of thioether (sulfide) groups is 1. The molecule has 0 spiro atoms. The van der Waals surface area contributed by atoms with Gasteiger partial charge in [0.25, 0.3) is 0 Å². The van der Waals surface area contributed by atoms with E-state index in [9.17, 15) is 0 Å². The van der Waals surface area contributed by atoms with E-state index in [4.69, 9.17) is 4.74 Å². The summed E-state index contributed by atoms with van der Waals surface area (Å²) in [5.74, 6) is 0. The summed E-state index contributed by atoms with van der Waals surface area (Å²) >= 11 is 1.92. The van der Waals surface area contributed by atoms with Crippen molar-refractivity contribution in [3.05, 3.63) is 11.0 Å². The molecule has 2 heteroatoms. The van der Waals surface area contributed by atoms with Gasteiger partial charge in [-0.2, -0.15) is 0 Å². The number of rotatable bonds is 7. The third-order valence-corrected chi connectivity index (χ3v) is 3.35. The summed E-state index contributed by atoms with van der Waals surface area (Å²) in [4.78, 5) is 1.37. The van der Waals surface area contributed by atoms with Crippen molar-refractivity contribution in [2.45, 2.75) is 71.2 Å². The Balaban J connectivity index is 4.11. The lowest BCUT2D eigenvalue weighted by molar-refractivity contribution is 0.131. The average molecular weight is 244 g/mol. The molecule has 0 rings (SSSR count). The van der Waals surface area contributed by atoms with Crippen molar-refractivity contribution >= 4 is 11.8 Å². The molecule has 0 saturated carbocycles. The van der Waals surface area contributed by atoms with Gasteiger partial charge in [0.15, 0.2) is 0 Å². The van der Waals surface area contributed by atoms with Crippen molar-refractivity contribution in [1.82, 2.24) is 0 Å². The average Bonchev–Trinajstić information content (AvgIpc) is 2.13. The number of unbranched alkanes of at least 4 members (excludes halogenated alkanes) is 2. The number of hydrogen-bond acceptors (Lipinski definition) is 2. The van der Waals surface area contributed by atoms with Crippen LogP contribution in [0.15, 0.2) is 11.0 Å². The van der Waals surface area contributed by atoms with E-state index in [0.717, 1.165) is 6.42 Å². The molecule has 0 bridgehead atoms. The van der Waals surface area contributed by atoms with E-state index in [2.05, 4.69) is 40.7 Å². The normalized spacial score (nSPS) is 15.2. The molecule has 0 aromatic carbocycles. The quantitative estimate of drug-likeness (QED) is 0.582. The van der Waals surface area contributed by atoms with Gasteiger partial charge in [-0.25, -0.2) is 0 Å². The van der Waals surface area contributed by atoms with Crippen molar-refractivity contribution in [2.24, 2.45) is 0 Å². The van der Waals surface area contributed by atoms with Crippen LogP contribution in [0.2, 0.25) is 0 Å². The van der Waals surface area contributed by atoms with E-state index in [1.165, 1.54) is 24.2 Å². The first-order valence-corrected chi connectivity index (χ1v) is 7.11. The number of methoxy groups -OCH3 is 1. The maximum atomic E-state index is 5.49. The van der Waals surface area contributed by atoms with Gasteiger partial charge in [0.05, 0.1) is 6.10 Å². The Hall–Kier alpha value is 0.0500. The van der Waals surface area contributed by atoms with E-state index in [0.29, 0.717) is 10.9 Å². The van der Waals surface area contributed by atoms with Crippen LogP contribution in [0.3, 0.4) is 0 Å². The highest BCUT2D eigenvalue weighted by molar-refractivity contribution is 8.04. The summed E-state index contributed by atoms with van der Waals surface area (Å²) in [6.07, 6.45) is 7.55. The predicted octanol–water partition coefficient (Wildman–Crippen LogP) is 5.02. The molecule has 0 radical (unpaired) electrons. The Morgan fingerprint density at radius 3 is 2.38 bits per heavy atom. The van der Waals surface area contributed by atoms with Crippen LogP contribution in [0, 0.1) is 0 Å². The molecule has 16 heavy (non-hydrogen) atoms. The van der Waals surface area contributed by atoms with Gasteiger partial charge < -0.3 is 4.74 Å². The van der Waals surface area contributed by atoms with E-state index in [-0.39, 0.29) is 0 Å². The number of ether oxygens (including phenoxy) is 1. The Morgan fingerprint density at radius 2 is 1.94 bits per heavy atom. The molecule has 0 N–H and O–H groups in total. The third-order valence-electron chi connectivity index (χ3n) is 2.28. The van der Waals surface area contributed by atoms with Crippen molar-refractivity contribution in [2.75, 3.05) is 7.11 Å². The zero-order valence-electron chi connectivity index (χ0n) is 11.8. The molecule has 0 aromatic rings. The van der Waals surface area contributed by atoms with Gasteiger partial charge in [0, 0.05) is 11.9 Å². The van der Waals surface area contributed by atoms with Gasteiger partial charge in [0.1, 0.15) is 0 Å². The standard InChI is InChI=1S/C14H28OS/c1-7-8-9-10-13(15-6)11-12(2)16-14(3,4)5/h11,13H,7-10H2,1-6H3/b12-11+. The fourth-order valence-electron chi connectivity index (χ4n) is 1.64. The SMILES string of the molecule is CCCCCC(/C=C(\C)SC(C)(C)C)OC. The third kappa shape index (κ3) is 9.29. The molecule has 1 atom stereocenters. The minimum Gasteiger partial charge on any atom is -0.377 e. The van der Waals surface area contributed by atoms with Crippen LogP contribution in [-0.2, 0) is 4.74 Å². The van der Waals surface area contributed by atoms with Crippen LogP contribution in [0.5, 0.6) is 0 Å². The second kappa shape index (κ2) is 8.19. The molecule has 0 amide bonds. The van der Waals surface area contributed by atoms with E-state index < -0.39 is 0 Å². The van der Waals surface area contributed by atoms with Gasteiger partial charge in [-0.1, -0.05) is 47.0 Å². The highest BCUT2D eigenvalue weighted by Gasteiger charge is 2.12. The molecule has 0 fully saturated rings. The Labute approximate surface area is 106 Å². The molecular weight excluding hydrogens is 216 g/mol. The van der Waals surface area contributed by atoms with Crippen LogP contribution in [-0.4, -0.2) is 18.0 Å². The topological polar surface area (TPSA) is 9.23 Å². The summed E-state index contributed by atoms with van der Waals surface area (Å²) in [6.45, 7) is 11.1. The fraction of sp³-hybridized carbons (Fsp3) is 0.857. The summed E-state index contributed by atoms with van der Waals surface area (Å²) in [5, 5.41) is 0. The monoisotopic (exact) mass is 244 g/mol. The molecule has 96 valence electrons. The molecule has 0 aromatic heterocycles. The van der Waals surface area contributed by atoms with Crippen LogP contribution in [0.25, 0.3) is 0 Å². The molecular formula is C14H28OS. The number of allylic oxidation sites excluding steroid dienone is 1. The van der Waals surface area contributed by atoms with E-state index in [1.807, 2.05) is 18.9 Å². The molecule has 0 heterocycles. The molecule has 1 nitrogen and oxygen atoms in total. The zero-order chi connectivity index (χ0) is 12.6. The first kappa shape index (κ1) is 16.1. The lowest BCUT2D eigenvalue weighted by atomic mass is 10.1. The second-order valence-corrected chi connectivity index (χ2v) is 7.33. The van der Waals surface area contributed by atoms with Crippen LogP contribution >= 0.6 is 11.8 Å². The van der Waals surface area contributed by atoms with Crippen molar-refractivity contribution in [3.63, 3.8) is 0 Å². The van der Waals surface area contributed by atoms with E-state index in [1.54, 1.807) is 0 Å². The fourth-order valence-corrected chi connectivity index (χ4v) is 2.83. The first-order valence-electron chi connectivity index (χ1n) is 6.29. The lowest BCUT2D eigenvalue weighted by Gasteiger charge is -2.19. The van der Waals surface area contributed by atoms with Gasteiger partial charge in [-0.3, -0.25) is 0 Å². The summed E-state index contributed by atoms with van der Waals surface area (Å²) in [6, 6.07) is 0. The Kier molecular flexibility index (Phi) is 8.21. The first-order chi connectivity index (χ1) is 7.39. The van der Waals surface area contributed by atoms with Crippen molar-refractivity contribution < 1.29 is 4.74 Å². The minimum absolute atomic E-state index is 0.293. The Bertz CT molecular complexity index is 203. The largest absolute Gasteiger partial charge is 0.377 e. The van der Waals surface area contributed by atoms with Gasteiger partial charge >= 0.3 is 0 Å². The summed E-state index contributed by atoms with van der Waals surface area (Å²) < 4.78 is 5.79. The van der Waals surface area contributed by atoms with E-state index >= 15 is 0 Å². The maximum Gasteiger partial charge on any atom is 0.0762 e. The predicted molar refractivity (Wildman–Crippen MR) is 76.0 cm³/mol. The minimum atomic E-state index is 0.293. The Morgan fingerprint density at radius 1 is 1.31 bits per heavy atom. The molecule has 1 unspecified atom stereocenters.